The van der Waals surface area contributed by atoms with E-state index in [0.717, 1.165) is 0 Å². The second kappa shape index (κ2) is 13.1. The Balaban J connectivity index is 5.32. The number of nitrogens with one attached hydrogen (secondary N) is 3. The van der Waals surface area contributed by atoms with E-state index in [4.69, 9.17) is 21.1 Å². The third kappa shape index (κ3) is 9.86. The number of carboxylic acid groups (broad SMARTS) is 3. The maximum Gasteiger partial charge on any atom is 0.326 e. The van der Waals surface area contributed by atoms with Crippen LogP contribution in [-0.4, -0.2) is 86.8 Å². The molecule has 14 heteroatoms. The summed E-state index contributed by atoms with van der Waals surface area (Å²) in [4.78, 5) is 69.4. The van der Waals surface area contributed by atoms with Crippen molar-refractivity contribution >= 4 is 35.6 Å². The van der Waals surface area contributed by atoms with Gasteiger partial charge in [-0.05, 0) is 5.92 Å². The van der Waals surface area contributed by atoms with Gasteiger partial charge in [0, 0.05) is 0 Å². The fourth-order valence-electron chi connectivity index (χ4n) is 2.35. The van der Waals surface area contributed by atoms with Crippen molar-refractivity contribution in [1.29, 1.82) is 0 Å². The van der Waals surface area contributed by atoms with Crippen LogP contribution < -0.4 is 21.7 Å². The Morgan fingerprint density at radius 2 is 1.32 bits per heavy atom. The van der Waals surface area contributed by atoms with Crippen LogP contribution >= 0.6 is 0 Å². The topological polar surface area (TPSA) is 245 Å². The van der Waals surface area contributed by atoms with E-state index >= 15 is 0 Å². The molecule has 0 bridgehead atoms. The van der Waals surface area contributed by atoms with Gasteiger partial charge in [0.15, 0.2) is 0 Å². The molecule has 0 fully saturated rings. The smallest absolute Gasteiger partial charge is 0.326 e. The molecule has 0 aromatic heterocycles. The highest BCUT2D eigenvalue weighted by Gasteiger charge is 2.33. The van der Waals surface area contributed by atoms with E-state index in [2.05, 4.69) is 10.6 Å². The van der Waals surface area contributed by atoms with E-state index in [9.17, 15) is 33.9 Å². The normalized spacial score (nSPS) is 15.5. The fourth-order valence-corrected chi connectivity index (χ4v) is 2.35. The molecule has 0 saturated heterocycles. The van der Waals surface area contributed by atoms with Gasteiger partial charge >= 0.3 is 17.9 Å². The molecule has 0 aliphatic carbocycles. The second-order valence-corrected chi connectivity index (χ2v) is 6.82. The molecule has 176 valence electrons. The Bertz CT molecular complexity index is 698. The summed E-state index contributed by atoms with van der Waals surface area (Å²) in [5.74, 6) is -7.91. The first-order chi connectivity index (χ1) is 14.3. The average molecular weight is 448 g/mol. The number of rotatable bonds is 14. The van der Waals surface area contributed by atoms with E-state index in [0.29, 0.717) is 6.42 Å². The molecule has 14 nitrogen and oxygen atoms in total. The third-order valence-corrected chi connectivity index (χ3v) is 4.33. The molecule has 0 heterocycles. The van der Waals surface area contributed by atoms with E-state index < -0.39 is 85.2 Å². The quantitative estimate of drug-likeness (QED) is 0.132. The Kier molecular flexibility index (Phi) is 11.7. The second-order valence-electron chi connectivity index (χ2n) is 6.82. The van der Waals surface area contributed by atoms with E-state index in [1.54, 1.807) is 13.8 Å². The first-order valence-electron chi connectivity index (χ1n) is 9.27. The molecule has 0 aliphatic rings. The molecule has 0 aromatic carbocycles. The largest absolute Gasteiger partial charge is 0.481 e. The summed E-state index contributed by atoms with van der Waals surface area (Å²) >= 11 is 0. The van der Waals surface area contributed by atoms with Crippen LogP contribution in [0.4, 0.5) is 0 Å². The Morgan fingerprint density at radius 3 is 1.74 bits per heavy atom. The molecule has 5 unspecified atom stereocenters. The number of aliphatic hydroxyl groups excluding tert-OH is 1. The molecule has 31 heavy (non-hydrogen) atoms. The zero-order valence-electron chi connectivity index (χ0n) is 17.0. The number of aliphatic hydroxyl groups is 1. The van der Waals surface area contributed by atoms with Gasteiger partial charge in [0.1, 0.15) is 18.1 Å². The average Bonchev–Trinajstić information content (AvgIpc) is 2.67. The van der Waals surface area contributed by atoms with Crippen LogP contribution in [0.5, 0.6) is 0 Å². The minimum absolute atomic E-state index is 0.391. The van der Waals surface area contributed by atoms with Crippen molar-refractivity contribution in [3.05, 3.63) is 0 Å². The molecule has 5 atom stereocenters. The molecule has 9 N–H and O–H groups in total. The lowest BCUT2D eigenvalue weighted by Gasteiger charge is -2.27. The highest BCUT2D eigenvalue weighted by Crippen LogP contribution is 2.09. The van der Waals surface area contributed by atoms with Crippen molar-refractivity contribution in [2.45, 2.75) is 57.3 Å². The minimum atomic E-state index is -1.80. The maximum absolute atomic E-state index is 12.6. The van der Waals surface area contributed by atoms with Gasteiger partial charge in [-0.25, -0.2) is 4.79 Å². The number of hydrogen-bond donors (Lipinski definition) is 8. The highest BCUT2D eigenvalue weighted by atomic mass is 16.4. The van der Waals surface area contributed by atoms with E-state index in [1.807, 2.05) is 5.32 Å². The van der Waals surface area contributed by atoms with Crippen molar-refractivity contribution in [2.75, 3.05) is 6.61 Å². The highest BCUT2D eigenvalue weighted by molar-refractivity contribution is 5.95. The number of nitrogens with two attached hydrogens (primary N) is 1. The predicted molar refractivity (Wildman–Crippen MR) is 102 cm³/mol. The van der Waals surface area contributed by atoms with Crippen molar-refractivity contribution < 1.29 is 49.2 Å². The Morgan fingerprint density at radius 1 is 0.806 bits per heavy atom. The zero-order valence-corrected chi connectivity index (χ0v) is 17.0. The van der Waals surface area contributed by atoms with Gasteiger partial charge in [0.2, 0.25) is 17.7 Å². The summed E-state index contributed by atoms with van der Waals surface area (Å²) in [7, 11) is 0. The van der Waals surface area contributed by atoms with Crippen molar-refractivity contribution in [3.8, 4) is 0 Å². The molecule has 0 spiro atoms. The third-order valence-electron chi connectivity index (χ3n) is 4.33. The number of amides is 3. The van der Waals surface area contributed by atoms with Gasteiger partial charge in [-0.2, -0.15) is 0 Å². The van der Waals surface area contributed by atoms with Crippen LogP contribution in [0.25, 0.3) is 0 Å². The van der Waals surface area contributed by atoms with Gasteiger partial charge in [-0.1, -0.05) is 20.3 Å². The summed E-state index contributed by atoms with van der Waals surface area (Å²) in [5, 5.41) is 42.2. The lowest BCUT2D eigenvalue weighted by atomic mass is 9.97. The van der Waals surface area contributed by atoms with Crippen molar-refractivity contribution in [1.82, 2.24) is 16.0 Å². The van der Waals surface area contributed by atoms with Gasteiger partial charge in [0.25, 0.3) is 0 Å². The molecule has 0 aliphatic heterocycles. The lowest BCUT2D eigenvalue weighted by Crippen LogP contribution is -2.59. The number of carbonyl (C=O) groups excluding carboxylic acids is 3. The lowest BCUT2D eigenvalue weighted by molar-refractivity contribution is -0.147. The number of aliphatic carboxylic acids is 3. The summed E-state index contributed by atoms with van der Waals surface area (Å²) in [6.45, 7) is 2.35. The van der Waals surface area contributed by atoms with Crippen LogP contribution in [0.15, 0.2) is 0 Å². The monoisotopic (exact) mass is 448 g/mol. The van der Waals surface area contributed by atoms with Crippen molar-refractivity contribution in [3.63, 3.8) is 0 Å². The summed E-state index contributed by atoms with van der Waals surface area (Å²) < 4.78 is 0. The van der Waals surface area contributed by atoms with Gasteiger partial charge in [0.05, 0.1) is 25.5 Å². The molecular weight excluding hydrogens is 420 g/mol. The van der Waals surface area contributed by atoms with Crippen LogP contribution in [0.2, 0.25) is 0 Å². The van der Waals surface area contributed by atoms with E-state index in [1.165, 1.54) is 0 Å². The van der Waals surface area contributed by atoms with Crippen LogP contribution in [0.1, 0.15) is 33.1 Å². The van der Waals surface area contributed by atoms with Crippen LogP contribution in [-0.2, 0) is 28.8 Å². The molecule has 3 amide bonds. The molecule has 0 saturated carbocycles. The fraction of sp³-hybridized carbons (Fsp3) is 0.647. The molecular formula is C17H28N4O10. The first-order valence-corrected chi connectivity index (χ1v) is 9.27. The Hall–Kier alpha value is -3.26. The first kappa shape index (κ1) is 27.7. The van der Waals surface area contributed by atoms with Crippen LogP contribution in [0.3, 0.4) is 0 Å². The number of hydrogen-bond acceptors (Lipinski definition) is 8. The number of carbonyl (C=O) groups is 6. The summed E-state index contributed by atoms with van der Waals surface area (Å²) in [5.41, 5.74) is 5.47. The molecule has 0 aromatic rings. The summed E-state index contributed by atoms with van der Waals surface area (Å²) in [6, 6.07) is -6.11. The zero-order chi connectivity index (χ0) is 24.3. The SMILES string of the molecule is CCC(C)C(NC(=O)C(N)CC(=O)O)C(=O)NC(CO)C(=O)NC(CC(=O)O)C(=O)O. The van der Waals surface area contributed by atoms with Crippen LogP contribution in [0, 0.1) is 5.92 Å². The standard InChI is InChI=1S/C17H28N4O10/c1-3-7(2)13(21-14(27)8(18)4-11(23)24)16(29)20-10(6-22)15(28)19-9(17(30)31)5-12(25)26/h7-10,13,22H,3-6,18H2,1-2H3,(H,19,28)(H,20,29)(H,21,27)(H,23,24)(H,25,26)(H,30,31). The predicted octanol–water partition coefficient (Wildman–Crippen LogP) is -3.16. The van der Waals surface area contributed by atoms with E-state index in [-0.39, 0.29) is 0 Å². The van der Waals surface area contributed by atoms with Gasteiger partial charge in [-0.15, -0.1) is 0 Å². The maximum atomic E-state index is 12.6. The molecule has 0 radical (unpaired) electrons. The Labute approximate surface area is 177 Å². The van der Waals surface area contributed by atoms with Gasteiger partial charge < -0.3 is 42.1 Å². The van der Waals surface area contributed by atoms with Gasteiger partial charge in [-0.3, -0.25) is 24.0 Å². The number of carboxylic acids is 3. The minimum Gasteiger partial charge on any atom is -0.481 e. The van der Waals surface area contributed by atoms with Crippen molar-refractivity contribution in [2.24, 2.45) is 11.7 Å². The summed E-state index contributed by atoms with van der Waals surface area (Å²) in [6.07, 6.45) is -1.22. The molecule has 0 rings (SSSR count).